The summed E-state index contributed by atoms with van der Waals surface area (Å²) >= 11 is 3.43. The van der Waals surface area contributed by atoms with Gasteiger partial charge in [0.05, 0.1) is 0 Å². The highest BCUT2D eigenvalue weighted by Gasteiger charge is 1.98. The predicted molar refractivity (Wildman–Crippen MR) is 74.1 cm³/mol. The minimum Gasteiger partial charge on any atom is -0.326 e. The fourth-order valence-electron chi connectivity index (χ4n) is 1.12. The normalized spacial score (nSPS) is 8.20. The minimum absolute atomic E-state index is 0.635. The van der Waals surface area contributed by atoms with E-state index in [9.17, 15) is 0 Å². The molecule has 15 heavy (non-hydrogen) atoms. The van der Waals surface area contributed by atoms with Gasteiger partial charge < -0.3 is 5.73 Å². The van der Waals surface area contributed by atoms with Crippen molar-refractivity contribution in [2.24, 2.45) is 5.73 Å². The van der Waals surface area contributed by atoms with Crippen LogP contribution in [-0.4, -0.2) is 0 Å². The highest BCUT2D eigenvalue weighted by Crippen LogP contribution is 2.16. The van der Waals surface area contributed by atoms with E-state index in [2.05, 4.69) is 35.0 Å². The molecule has 0 aromatic heterocycles. The van der Waals surface area contributed by atoms with Crippen molar-refractivity contribution in [2.75, 3.05) is 0 Å². The molecule has 0 atom stereocenters. The van der Waals surface area contributed by atoms with Gasteiger partial charge in [-0.3, -0.25) is 0 Å². The Morgan fingerprint density at radius 3 is 2.00 bits per heavy atom. The van der Waals surface area contributed by atoms with Crippen molar-refractivity contribution in [3.63, 3.8) is 0 Å². The highest BCUT2D eigenvalue weighted by atomic mass is 79.9. The molecule has 0 saturated heterocycles. The SMILES string of the molecule is CC.CC.CCc1cc(Br)ccc1CN. The summed E-state index contributed by atoms with van der Waals surface area (Å²) in [7, 11) is 0. The van der Waals surface area contributed by atoms with Gasteiger partial charge in [-0.15, -0.1) is 0 Å². The van der Waals surface area contributed by atoms with Gasteiger partial charge in [-0.2, -0.15) is 0 Å². The van der Waals surface area contributed by atoms with Gasteiger partial charge in [0.1, 0.15) is 0 Å². The number of rotatable bonds is 2. The smallest absolute Gasteiger partial charge is 0.0180 e. The van der Waals surface area contributed by atoms with Crippen LogP contribution in [0, 0.1) is 0 Å². The van der Waals surface area contributed by atoms with Crippen LogP contribution in [0.1, 0.15) is 45.7 Å². The van der Waals surface area contributed by atoms with Crippen molar-refractivity contribution in [1.82, 2.24) is 0 Å². The summed E-state index contributed by atoms with van der Waals surface area (Å²) < 4.78 is 1.13. The van der Waals surface area contributed by atoms with Gasteiger partial charge in [0.25, 0.3) is 0 Å². The maximum absolute atomic E-state index is 5.56. The summed E-state index contributed by atoms with van der Waals surface area (Å²) in [5.74, 6) is 0. The van der Waals surface area contributed by atoms with Gasteiger partial charge in [0.2, 0.25) is 0 Å². The van der Waals surface area contributed by atoms with Crippen molar-refractivity contribution in [3.05, 3.63) is 33.8 Å². The van der Waals surface area contributed by atoms with E-state index in [1.165, 1.54) is 11.1 Å². The Morgan fingerprint density at radius 2 is 1.60 bits per heavy atom. The van der Waals surface area contributed by atoms with E-state index in [1.807, 2.05) is 33.8 Å². The molecule has 0 amide bonds. The third-order valence-electron chi connectivity index (χ3n) is 1.77. The monoisotopic (exact) mass is 273 g/mol. The summed E-state index contributed by atoms with van der Waals surface area (Å²) in [5, 5.41) is 0. The van der Waals surface area contributed by atoms with E-state index in [0.29, 0.717) is 6.54 Å². The Labute approximate surface area is 103 Å². The lowest BCUT2D eigenvalue weighted by Gasteiger charge is -2.04. The Hall–Kier alpha value is -0.340. The van der Waals surface area contributed by atoms with Crippen molar-refractivity contribution in [2.45, 2.75) is 47.6 Å². The molecule has 0 saturated carbocycles. The molecular weight excluding hydrogens is 250 g/mol. The van der Waals surface area contributed by atoms with Gasteiger partial charge in [-0.25, -0.2) is 0 Å². The second kappa shape index (κ2) is 11.7. The molecule has 2 heteroatoms. The zero-order valence-corrected chi connectivity index (χ0v) is 12.2. The third-order valence-corrected chi connectivity index (χ3v) is 2.26. The number of halogens is 1. The van der Waals surface area contributed by atoms with Gasteiger partial charge in [0.15, 0.2) is 0 Å². The number of nitrogens with two attached hydrogens (primary N) is 1. The molecule has 0 heterocycles. The average molecular weight is 274 g/mol. The van der Waals surface area contributed by atoms with Crippen LogP contribution in [0.15, 0.2) is 22.7 Å². The maximum Gasteiger partial charge on any atom is 0.0180 e. The molecule has 0 aliphatic rings. The van der Waals surface area contributed by atoms with E-state index in [0.717, 1.165) is 10.9 Å². The lowest BCUT2D eigenvalue weighted by Crippen LogP contribution is -2.00. The highest BCUT2D eigenvalue weighted by molar-refractivity contribution is 9.10. The van der Waals surface area contributed by atoms with E-state index in [1.54, 1.807) is 0 Å². The van der Waals surface area contributed by atoms with Gasteiger partial charge >= 0.3 is 0 Å². The van der Waals surface area contributed by atoms with Crippen LogP contribution < -0.4 is 5.73 Å². The quantitative estimate of drug-likeness (QED) is 0.842. The molecule has 0 aliphatic heterocycles. The van der Waals surface area contributed by atoms with Crippen molar-refractivity contribution < 1.29 is 0 Å². The van der Waals surface area contributed by atoms with E-state index in [-0.39, 0.29) is 0 Å². The molecule has 0 bridgehead atoms. The Morgan fingerprint density at radius 1 is 1.07 bits per heavy atom. The number of hydrogen-bond donors (Lipinski definition) is 1. The zero-order chi connectivity index (χ0) is 12.3. The van der Waals surface area contributed by atoms with Gasteiger partial charge in [-0.1, -0.05) is 56.6 Å². The second-order valence-corrected chi connectivity index (χ2v) is 3.39. The fraction of sp³-hybridized carbons (Fsp3) is 0.538. The molecule has 1 aromatic carbocycles. The first-order valence-corrected chi connectivity index (χ1v) is 6.54. The molecule has 0 radical (unpaired) electrons. The van der Waals surface area contributed by atoms with E-state index in [4.69, 9.17) is 5.73 Å². The minimum atomic E-state index is 0.635. The molecule has 0 spiro atoms. The largest absolute Gasteiger partial charge is 0.326 e. The molecule has 0 aliphatic carbocycles. The molecule has 1 nitrogen and oxygen atoms in total. The zero-order valence-electron chi connectivity index (χ0n) is 10.6. The van der Waals surface area contributed by atoms with Crippen LogP contribution in [0.5, 0.6) is 0 Å². The van der Waals surface area contributed by atoms with Crippen molar-refractivity contribution in [3.8, 4) is 0 Å². The number of hydrogen-bond acceptors (Lipinski definition) is 1. The van der Waals surface area contributed by atoms with Gasteiger partial charge in [-0.05, 0) is 29.7 Å². The van der Waals surface area contributed by atoms with Crippen LogP contribution in [0.25, 0.3) is 0 Å². The van der Waals surface area contributed by atoms with Crippen molar-refractivity contribution in [1.29, 1.82) is 0 Å². The Kier molecular flexibility index (Phi) is 13.4. The second-order valence-electron chi connectivity index (χ2n) is 2.47. The van der Waals surface area contributed by atoms with E-state index >= 15 is 0 Å². The van der Waals surface area contributed by atoms with E-state index < -0.39 is 0 Å². The Balaban J connectivity index is 0. The molecule has 0 fully saturated rings. The summed E-state index contributed by atoms with van der Waals surface area (Å²) in [6.45, 7) is 10.8. The standard InChI is InChI=1S/C9H12BrN.2C2H6/c1-2-7-5-9(10)4-3-8(7)6-11;2*1-2/h3-5H,2,6,11H2,1H3;2*1-2H3. The fourth-order valence-corrected chi connectivity index (χ4v) is 1.53. The third kappa shape index (κ3) is 6.69. The van der Waals surface area contributed by atoms with Crippen LogP contribution in [-0.2, 0) is 13.0 Å². The lowest BCUT2D eigenvalue weighted by molar-refractivity contribution is 1.00. The number of aryl methyl sites for hydroxylation is 1. The molecular formula is C13H24BrN. The summed E-state index contributed by atoms with van der Waals surface area (Å²) in [6, 6.07) is 6.23. The average Bonchev–Trinajstić information content (AvgIpc) is 2.34. The first-order valence-electron chi connectivity index (χ1n) is 5.75. The maximum atomic E-state index is 5.56. The summed E-state index contributed by atoms with van der Waals surface area (Å²) in [5.41, 5.74) is 8.14. The predicted octanol–water partition coefficient (Wildman–Crippen LogP) is 4.52. The van der Waals surface area contributed by atoms with Crippen LogP contribution in [0.4, 0.5) is 0 Å². The summed E-state index contributed by atoms with van der Waals surface area (Å²) in [6.07, 6.45) is 1.05. The molecule has 2 N–H and O–H groups in total. The first-order chi connectivity index (χ1) is 7.27. The lowest BCUT2D eigenvalue weighted by atomic mass is 10.1. The number of benzene rings is 1. The van der Waals surface area contributed by atoms with Gasteiger partial charge in [0, 0.05) is 11.0 Å². The van der Waals surface area contributed by atoms with Crippen molar-refractivity contribution >= 4 is 15.9 Å². The summed E-state index contributed by atoms with van der Waals surface area (Å²) in [4.78, 5) is 0. The molecule has 1 aromatic rings. The van der Waals surface area contributed by atoms with Crippen LogP contribution in [0.3, 0.4) is 0 Å². The molecule has 1 rings (SSSR count). The molecule has 88 valence electrons. The van der Waals surface area contributed by atoms with Crippen LogP contribution in [0.2, 0.25) is 0 Å². The Bertz CT molecular complexity index is 246. The molecule has 0 unspecified atom stereocenters. The topological polar surface area (TPSA) is 26.0 Å². The van der Waals surface area contributed by atoms with Crippen LogP contribution >= 0.6 is 15.9 Å². The first kappa shape index (κ1) is 17.1.